The molecule has 2 N–H and O–H groups in total. The number of hydrogen-bond acceptors (Lipinski definition) is 8. The molecule has 9 nitrogen and oxygen atoms in total. The van der Waals surface area contributed by atoms with Gasteiger partial charge >= 0.3 is 0 Å². The van der Waals surface area contributed by atoms with Crippen LogP contribution in [0.15, 0.2) is 27.8 Å². The lowest BCUT2D eigenvalue weighted by Crippen LogP contribution is -2.40. The van der Waals surface area contributed by atoms with Crippen molar-refractivity contribution in [3.8, 4) is 23.0 Å². The van der Waals surface area contributed by atoms with Gasteiger partial charge in [0.05, 0.1) is 12.3 Å². The van der Waals surface area contributed by atoms with Crippen LogP contribution < -0.4 is 20.1 Å². The summed E-state index contributed by atoms with van der Waals surface area (Å²) in [6, 6.07) is 5.34. The van der Waals surface area contributed by atoms with E-state index in [9.17, 15) is 9.59 Å². The van der Waals surface area contributed by atoms with Crippen molar-refractivity contribution in [3.05, 3.63) is 18.2 Å². The Labute approximate surface area is 153 Å². The van der Waals surface area contributed by atoms with Gasteiger partial charge in [-0.2, -0.15) is 0 Å². The summed E-state index contributed by atoms with van der Waals surface area (Å²) in [6.07, 6.45) is 0. The van der Waals surface area contributed by atoms with Crippen LogP contribution in [0.5, 0.6) is 11.5 Å². The fraction of sp³-hybridized carbons (Fsp3) is 0.375. The average Bonchev–Trinajstić information content (AvgIpc) is 3.25. The molecule has 10 heteroatoms. The van der Waals surface area contributed by atoms with Crippen LogP contribution in [0.4, 0.5) is 0 Å². The van der Waals surface area contributed by atoms with Crippen LogP contribution in [-0.4, -0.2) is 47.1 Å². The summed E-state index contributed by atoms with van der Waals surface area (Å²) in [5.41, 5.74) is 0.698. The molecule has 3 rings (SSSR count). The van der Waals surface area contributed by atoms with E-state index in [4.69, 9.17) is 13.9 Å². The van der Waals surface area contributed by atoms with Gasteiger partial charge in [0.15, 0.2) is 11.5 Å². The fourth-order valence-electron chi connectivity index (χ4n) is 2.14. The maximum Gasteiger partial charge on any atom is 0.277 e. The molecule has 0 atom stereocenters. The van der Waals surface area contributed by atoms with E-state index in [2.05, 4.69) is 20.8 Å². The Bertz CT molecular complexity index is 808. The largest absolute Gasteiger partial charge is 0.454 e. The number of carbonyl (C=O) groups is 2. The first-order valence-electron chi connectivity index (χ1n) is 7.93. The van der Waals surface area contributed by atoms with Crippen molar-refractivity contribution in [2.45, 2.75) is 25.1 Å². The van der Waals surface area contributed by atoms with E-state index in [0.29, 0.717) is 23.0 Å². The van der Waals surface area contributed by atoms with Crippen LogP contribution in [-0.2, 0) is 9.59 Å². The molecular weight excluding hydrogens is 360 g/mol. The van der Waals surface area contributed by atoms with E-state index in [1.807, 2.05) is 13.8 Å². The van der Waals surface area contributed by atoms with Crippen molar-refractivity contribution in [1.29, 1.82) is 0 Å². The van der Waals surface area contributed by atoms with E-state index in [-0.39, 0.29) is 42.2 Å². The second kappa shape index (κ2) is 8.09. The molecule has 1 aliphatic heterocycles. The number of aromatic nitrogens is 2. The van der Waals surface area contributed by atoms with Gasteiger partial charge in [-0.05, 0) is 32.0 Å². The van der Waals surface area contributed by atoms with Crippen molar-refractivity contribution in [2.24, 2.45) is 0 Å². The maximum atomic E-state index is 11.8. The second-order valence-corrected chi connectivity index (χ2v) is 6.66. The quantitative estimate of drug-likeness (QED) is 0.691. The van der Waals surface area contributed by atoms with Crippen molar-refractivity contribution >= 4 is 23.6 Å². The third kappa shape index (κ3) is 4.66. The molecular formula is C16H18N4O5S. The highest BCUT2D eigenvalue weighted by molar-refractivity contribution is 7.99. The lowest BCUT2D eigenvalue weighted by Gasteiger charge is -2.08. The standard InChI is InChI=1S/C16H18N4O5S/c1-9(2)18-13(21)6-17-14(22)7-26-16-20-19-15(25-16)10-3-4-11-12(5-10)24-8-23-11/h3-5,9H,6-8H2,1-2H3,(H,17,22)(H,18,21). The van der Waals surface area contributed by atoms with E-state index in [0.717, 1.165) is 11.8 Å². The summed E-state index contributed by atoms with van der Waals surface area (Å²) >= 11 is 1.10. The molecule has 1 aromatic carbocycles. The summed E-state index contributed by atoms with van der Waals surface area (Å²) in [5, 5.41) is 13.4. The van der Waals surface area contributed by atoms with Crippen LogP contribution in [0.25, 0.3) is 11.5 Å². The summed E-state index contributed by atoms with van der Waals surface area (Å²) < 4.78 is 16.1. The second-order valence-electron chi connectivity index (χ2n) is 5.73. The topological polar surface area (TPSA) is 116 Å². The zero-order valence-electron chi connectivity index (χ0n) is 14.3. The number of ether oxygens (including phenoxy) is 2. The third-order valence-electron chi connectivity index (χ3n) is 3.25. The molecule has 0 fully saturated rings. The van der Waals surface area contributed by atoms with E-state index < -0.39 is 0 Å². The first-order valence-corrected chi connectivity index (χ1v) is 8.92. The molecule has 0 unspecified atom stereocenters. The number of rotatable bonds is 7. The van der Waals surface area contributed by atoms with E-state index in [1.165, 1.54) is 0 Å². The fourth-order valence-corrected chi connectivity index (χ4v) is 2.74. The molecule has 2 amide bonds. The van der Waals surface area contributed by atoms with Gasteiger partial charge in [0, 0.05) is 11.6 Å². The van der Waals surface area contributed by atoms with Crippen LogP contribution in [0, 0.1) is 0 Å². The molecule has 138 valence electrons. The molecule has 1 aliphatic rings. The third-order valence-corrected chi connectivity index (χ3v) is 4.07. The zero-order chi connectivity index (χ0) is 18.5. The van der Waals surface area contributed by atoms with Gasteiger partial charge in [-0.15, -0.1) is 10.2 Å². The number of carbonyl (C=O) groups excluding carboxylic acids is 2. The number of nitrogens with zero attached hydrogens (tertiary/aromatic N) is 2. The van der Waals surface area contributed by atoms with Gasteiger partial charge in [0.1, 0.15) is 0 Å². The monoisotopic (exact) mass is 378 g/mol. The first-order chi connectivity index (χ1) is 12.5. The van der Waals surface area contributed by atoms with Crippen LogP contribution in [0.1, 0.15) is 13.8 Å². The SMILES string of the molecule is CC(C)NC(=O)CNC(=O)CSc1nnc(-c2ccc3c(c2)OCO3)o1. The Balaban J connectivity index is 1.49. The zero-order valence-corrected chi connectivity index (χ0v) is 15.1. The van der Waals surface area contributed by atoms with Crippen LogP contribution in [0.2, 0.25) is 0 Å². The van der Waals surface area contributed by atoms with Gasteiger partial charge in [0.25, 0.3) is 5.22 Å². The number of fused-ring (bicyclic) bond motifs is 1. The Kier molecular flexibility index (Phi) is 5.61. The number of hydrogen-bond donors (Lipinski definition) is 2. The minimum atomic E-state index is -0.295. The molecule has 26 heavy (non-hydrogen) atoms. The highest BCUT2D eigenvalue weighted by Crippen LogP contribution is 2.35. The van der Waals surface area contributed by atoms with Gasteiger partial charge in [-0.1, -0.05) is 11.8 Å². The van der Waals surface area contributed by atoms with Gasteiger partial charge < -0.3 is 24.5 Å². The first kappa shape index (κ1) is 18.1. The van der Waals surface area contributed by atoms with Gasteiger partial charge in [-0.25, -0.2) is 0 Å². The molecule has 0 aliphatic carbocycles. The predicted octanol–water partition coefficient (Wildman–Crippen LogP) is 1.20. The normalized spacial score (nSPS) is 12.3. The number of thioether (sulfide) groups is 1. The summed E-state index contributed by atoms with van der Waals surface area (Å²) in [7, 11) is 0. The molecule has 0 saturated heterocycles. The van der Waals surface area contributed by atoms with Gasteiger partial charge in [0.2, 0.25) is 24.5 Å². The highest BCUT2D eigenvalue weighted by Gasteiger charge is 2.17. The van der Waals surface area contributed by atoms with E-state index >= 15 is 0 Å². The molecule has 1 aromatic heterocycles. The minimum absolute atomic E-state index is 0.0294. The van der Waals surface area contributed by atoms with E-state index in [1.54, 1.807) is 18.2 Å². The van der Waals surface area contributed by atoms with Crippen molar-refractivity contribution in [2.75, 3.05) is 19.1 Å². The van der Waals surface area contributed by atoms with Crippen molar-refractivity contribution in [3.63, 3.8) is 0 Å². The Morgan fingerprint density at radius 3 is 2.81 bits per heavy atom. The smallest absolute Gasteiger partial charge is 0.277 e. The summed E-state index contributed by atoms with van der Waals surface area (Å²) in [5.74, 6) is 1.15. The van der Waals surface area contributed by atoms with Crippen LogP contribution in [0.3, 0.4) is 0 Å². The lowest BCUT2D eigenvalue weighted by atomic mass is 10.2. The summed E-state index contributed by atoms with van der Waals surface area (Å²) in [6.45, 7) is 3.82. The Hall–Kier alpha value is -2.75. The molecule has 0 bridgehead atoms. The Morgan fingerprint density at radius 1 is 1.19 bits per heavy atom. The summed E-state index contributed by atoms with van der Waals surface area (Å²) in [4.78, 5) is 23.3. The van der Waals surface area contributed by atoms with Crippen molar-refractivity contribution in [1.82, 2.24) is 20.8 Å². The highest BCUT2D eigenvalue weighted by atomic mass is 32.2. The molecule has 2 aromatic rings. The number of amides is 2. The average molecular weight is 378 g/mol. The van der Waals surface area contributed by atoms with Gasteiger partial charge in [-0.3, -0.25) is 9.59 Å². The maximum absolute atomic E-state index is 11.8. The predicted molar refractivity (Wildman–Crippen MR) is 92.9 cm³/mol. The molecule has 0 saturated carbocycles. The Morgan fingerprint density at radius 2 is 2.00 bits per heavy atom. The molecule has 0 radical (unpaired) electrons. The lowest BCUT2D eigenvalue weighted by molar-refractivity contribution is -0.125. The molecule has 2 heterocycles. The van der Waals surface area contributed by atoms with Crippen molar-refractivity contribution < 1.29 is 23.5 Å². The number of nitrogens with one attached hydrogen (secondary N) is 2. The minimum Gasteiger partial charge on any atom is -0.454 e. The number of benzene rings is 1. The molecule has 0 spiro atoms. The van der Waals surface area contributed by atoms with Crippen LogP contribution >= 0.6 is 11.8 Å².